The summed E-state index contributed by atoms with van der Waals surface area (Å²) in [5, 5.41) is 5.34. The van der Waals surface area contributed by atoms with Crippen LogP contribution in [0.15, 0.2) is 30.5 Å². The highest BCUT2D eigenvalue weighted by Crippen LogP contribution is 2.29. The summed E-state index contributed by atoms with van der Waals surface area (Å²) in [6, 6.07) is 4.47. The lowest BCUT2D eigenvalue weighted by atomic mass is 10.1. The van der Waals surface area contributed by atoms with E-state index >= 15 is 0 Å². The van der Waals surface area contributed by atoms with Crippen LogP contribution in [-0.4, -0.2) is 48.2 Å². The van der Waals surface area contributed by atoms with Crippen LogP contribution in [0.4, 0.5) is 0 Å². The van der Waals surface area contributed by atoms with Gasteiger partial charge in [-0.3, -0.25) is 29.4 Å². The maximum Gasteiger partial charge on any atom is 0.261 e. The zero-order chi connectivity index (χ0) is 25.5. The molecule has 0 bridgehead atoms. The van der Waals surface area contributed by atoms with Gasteiger partial charge in [-0.25, -0.2) is 0 Å². The third kappa shape index (κ3) is 8.65. The first-order valence-electron chi connectivity index (χ1n) is 12.2. The number of carbonyl (C=O) groups is 4. The van der Waals surface area contributed by atoms with Crippen LogP contribution < -0.4 is 15.4 Å². The van der Waals surface area contributed by atoms with Gasteiger partial charge in [-0.1, -0.05) is 40.2 Å². The molecule has 0 radical (unpaired) electrons. The smallest absolute Gasteiger partial charge is 0.261 e. The molecule has 188 valence electrons. The fourth-order valence-corrected chi connectivity index (χ4v) is 3.50. The van der Waals surface area contributed by atoms with Gasteiger partial charge in [-0.05, 0) is 50.8 Å². The van der Waals surface area contributed by atoms with Gasteiger partial charge in [-0.15, -0.1) is 0 Å². The van der Waals surface area contributed by atoms with Crippen LogP contribution in [0, 0.1) is 0 Å². The number of imide groups is 2. The summed E-state index contributed by atoms with van der Waals surface area (Å²) in [7, 11) is 0. The molecule has 0 spiro atoms. The SMILES string of the molecule is C=C(CC)NCCCCCCOc1ccc2c(c1)C(=O)N(C(C)CCC(=O)NC=O)C2=O.CC. The normalized spacial score (nSPS) is 12.9. The molecule has 0 aromatic heterocycles. The summed E-state index contributed by atoms with van der Waals surface area (Å²) in [5.41, 5.74) is 1.72. The Bertz CT molecular complexity index is 853. The Balaban J connectivity index is 0.00000281. The van der Waals surface area contributed by atoms with Crippen molar-refractivity contribution >= 4 is 24.1 Å². The Kier molecular flexibility index (Phi) is 13.3. The van der Waals surface area contributed by atoms with Crippen LogP contribution in [0.2, 0.25) is 0 Å². The number of unbranched alkanes of at least 4 members (excludes halogenated alkanes) is 3. The molecule has 1 aliphatic rings. The summed E-state index contributed by atoms with van der Waals surface area (Å²) in [5.74, 6) is -0.647. The number of amides is 4. The molecule has 1 aromatic carbocycles. The van der Waals surface area contributed by atoms with Crippen molar-refractivity contribution in [3.63, 3.8) is 0 Å². The molecule has 1 aromatic rings. The van der Waals surface area contributed by atoms with E-state index in [1.54, 1.807) is 25.1 Å². The zero-order valence-corrected chi connectivity index (χ0v) is 20.9. The quantitative estimate of drug-likeness (QED) is 0.225. The van der Waals surface area contributed by atoms with Gasteiger partial charge in [0, 0.05) is 24.7 Å². The van der Waals surface area contributed by atoms with Crippen LogP contribution >= 0.6 is 0 Å². The molecule has 1 heterocycles. The number of hydrogen-bond acceptors (Lipinski definition) is 6. The Hall–Kier alpha value is -3.16. The van der Waals surface area contributed by atoms with Crippen LogP contribution in [0.3, 0.4) is 0 Å². The van der Waals surface area contributed by atoms with E-state index in [4.69, 9.17) is 4.74 Å². The maximum absolute atomic E-state index is 12.8. The van der Waals surface area contributed by atoms with E-state index in [-0.39, 0.29) is 24.7 Å². The molecule has 34 heavy (non-hydrogen) atoms. The second kappa shape index (κ2) is 15.6. The maximum atomic E-state index is 12.8. The minimum atomic E-state index is -0.465. The Morgan fingerprint density at radius 3 is 2.47 bits per heavy atom. The molecule has 0 aliphatic carbocycles. The number of nitrogens with one attached hydrogen (secondary N) is 2. The van der Waals surface area contributed by atoms with Crippen molar-refractivity contribution in [1.29, 1.82) is 0 Å². The minimum Gasteiger partial charge on any atom is -0.494 e. The van der Waals surface area contributed by atoms with Crippen molar-refractivity contribution < 1.29 is 23.9 Å². The molecule has 1 atom stereocenters. The van der Waals surface area contributed by atoms with Gasteiger partial charge in [0.25, 0.3) is 11.8 Å². The second-order valence-corrected chi connectivity index (χ2v) is 7.91. The number of allylic oxidation sites excluding steroid dienone is 1. The molecular weight excluding hydrogens is 434 g/mol. The molecule has 1 unspecified atom stereocenters. The summed E-state index contributed by atoms with van der Waals surface area (Å²) in [4.78, 5) is 48.4. The van der Waals surface area contributed by atoms with Gasteiger partial charge in [-0.2, -0.15) is 0 Å². The van der Waals surface area contributed by atoms with E-state index in [1.165, 1.54) is 4.90 Å². The first-order valence-corrected chi connectivity index (χ1v) is 12.2. The molecule has 8 heteroatoms. The predicted octanol–water partition coefficient (Wildman–Crippen LogP) is 4.20. The molecular formula is C26H39N3O5. The monoisotopic (exact) mass is 473 g/mol. The highest BCUT2D eigenvalue weighted by atomic mass is 16.5. The van der Waals surface area contributed by atoms with Gasteiger partial charge < -0.3 is 10.1 Å². The van der Waals surface area contributed by atoms with Crippen molar-refractivity contribution in [3.05, 3.63) is 41.6 Å². The molecule has 0 fully saturated rings. The molecule has 2 N–H and O–H groups in total. The fraction of sp³-hybridized carbons (Fsp3) is 0.538. The lowest BCUT2D eigenvalue weighted by Crippen LogP contribution is -2.38. The number of hydrogen-bond donors (Lipinski definition) is 2. The van der Waals surface area contributed by atoms with Crippen LogP contribution in [0.1, 0.15) is 93.4 Å². The second-order valence-electron chi connectivity index (χ2n) is 7.91. The van der Waals surface area contributed by atoms with Gasteiger partial charge in [0.05, 0.1) is 17.7 Å². The molecule has 1 aliphatic heterocycles. The number of nitrogens with zero attached hydrogens (tertiary/aromatic N) is 1. The zero-order valence-electron chi connectivity index (χ0n) is 20.9. The van der Waals surface area contributed by atoms with Crippen molar-refractivity contribution in [3.8, 4) is 5.75 Å². The number of rotatable bonds is 15. The largest absolute Gasteiger partial charge is 0.494 e. The fourth-order valence-electron chi connectivity index (χ4n) is 3.50. The third-order valence-corrected chi connectivity index (χ3v) is 5.48. The Morgan fingerprint density at radius 1 is 1.12 bits per heavy atom. The minimum absolute atomic E-state index is 0.0467. The van der Waals surface area contributed by atoms with Gasteiger partial charge >= 0.3 is 0 Å². The van der Waals surface area contributed by atoms with Crippen LogP contribution in [0.5, 0.6) is 5.75 Å². The predicted molar refractivity (Wildman–Crippen MR) is 133 cm³/mol. The van der Waals surface area contributed by atoms with Gasteiger partial charge in [0.1, 0.15) is 5.75 Å². The molecule has 2 rings (SSSR count). The van der Waals surface area contributed by atoms with E-state index < -0.39 is 11.9 Å². The van der Waals surface area contributed by atoms with Crippen molar-refractivity contribution in [2.24, 2.45) is 0 Å². The number of ether oxygens (including phenoxy) is 1. The van der Waals surface area contributed by atoms with Crippen LogP contribution in [-0.2, 0) is 9.59 Å². The standard InChI is InChI=1S/C24H33N3O5.C2H6/c1-4-17(2)25-13-7-5-6-8-14-32-19-10-11-20-21(15-19)24(31)27(23(20)30)18(3)9-12-22(29)26-16-28;1-2/h10-11,15-16,18,25H,2,4-9,12-14H2,1,3H3,(H,26,28,29);1-2H3. The molecule has 4 amide bonds. The van der Waals surface area contributed by atoms with E-state index in [0.717, 1.165) is 44.3 Å². The number of benzene rings is 1. The van der Waals surface area contributed by atoms with E-state index in [9.17, 15) is 19.2 Å². The van der Waals surface area contributed by atoms with E-state index in [0.29, 0.717) is 29.9 Å². The summed E-state index contributed by atoms with van der Waals surface area (Å²) in [6.45, 7) is 13.2. The van der Waals surface area contributed by atoms with Crippen molar-refractivity contribution in [2.75, 3.05) is 13.2 Å². The van der Waals surface area contributed by atoms with Gasteiger partial charge in [0.2, 0.25) is 12.3 Å². The average molecular weight is 474 g/mol. The van der Waals surface area contributed by atoms with Crippen molar-refractivity contribution in [1.82, 2.24) is 15.5 Å². The average Bonchev–Trinajstić information content (AvgIpc) is 3.09. The van der Waals surface area contributed by atoms with E-state index in [2.05, 4.69) is 24.1 Å². The lowest BCUT2D eigenvalue weighted by Gasteiger charge is -2.22. The molecule has 0 saturated heterocycles. The van der Waals surface area contributed by atoms with Crippen molar-refractivity contribution in [2.45, 2.75) is 78.7 Å². The topological polar surface area (TPSA) is 105 Å². The lowest BCUT2D eigenvalue weighted by molar-refractivity contribution is -0.125. The van der Waals surface area contributed by atoms with E-state index in [1.807, 2.05) is 13.8 Å². The summed E-state index contributed by atoms with van der Waals surface area (Å²) >= 11 is 0. The highest BCUT2D eigenvalue weighted by molar-refractivity contribution is 6.21. The summed E-state index contributed by atoms with van der Waals surface area (Å²) < 4.78 is 5.78. The number of carbonyl (C=O) groups excluding carboxylic acids is 4. The summed E-state index contributed by atoms with van der Waals surface area (Å²) in [6.07, 6.45) is 5.72. The molecule has 0 saturated carbocycles. The highest BCUT2D eigenvalue weighted by Gasteiger charge is 2.38. The Labute approximate surface area is 203 Å². The first kappa shape index (κ1) is 28.9. The first-order chi connectivity index (χ1) is 16.4. The number of fused-ring (bicyclic) bond motifs is 1. The third-order valence-electron chi connectivity index (χ3n) is 5.48. The molecule has 8 nitrogen and oxygen atoms in total. The Morgan fingerprint density at radius 2 is 1.79 bits per heavy atom. The van der Waals surface area contributed by atoms with Gasteiger partial charge in [0.15, 0.2) is 0 Å². The van der Waals surface area contributed by atoms with Crippen LogP contribution in [0.25, 0.3) is 0 Å².